The third-order valence-corrected chi connectivity index (χ3v) is 5.10. The van der Waals surface area contributed by atoms with Crippen molar-refractivity contribution in [2.24, 2.45) is 17.8 Å². The standard InChI is InChI=1S/C16H19F3N2S/c17-16(18,19)13-2-1-3-14(8-13)21-15(22)20-9-12-7-10-4-5-11(12)6-10/h1-3,8,10-12H,4-7,9H2,(H2,20,21,22). The molecular formula is C16H19F3N2S. The van der Waals surface area contributed by atoms with Gasteiger partial charge >= 0.3 is 6.18 Å². The summed E-state index contributed by atoms with van der Waals surface area (Å²) in [5, 5.41) is 6.39. The Bertz CT molecular complexity index is 559. The molecule has 0 spiro atoms. The average molecular weight is 328 g/mol. The molecule has 1 aromatic rings. The highest BCUT2D eigenvalue weighted by atomic mass is 32.1. The molecule has 2 aliphatic carbocycles. The monoisotopic (exact) mass is 328 g/mol. The highest BCUT2D eigenvalue weighted by Crippen LogP contribution is 2.47. The number of fused-ring (bicyclic) bond motifs is 2. The first kappa shape index (κ1) is 15.6. The quantitative estimate of drug-likeness (QED) is 0.803. The molecule has 2 saturated carbocycles. The lowest BCUT2D eigenvalue weighted by Crippen LogP contribution is -2.34. The zero-order valence-electron chi connectivity index (χ0n) is 12.1. The van der Waals surface area contributed by atoms with Crippen molar-refractivity contribution in [1.29, 1.82) is 0 Å². The van der Waals surface area contributed by atoms with Crippen molar-refractivity contribution in [2.45, 2.75) is 31.9 Å². The number of thiocarbonyl (C=S) groups is 1. The highest BCUT2D eigenvalue weighted by Gasteiger charge is 2.39. The Morgan fingerprint density at radius 1 is 1.23 bits per heavy atom. The summed E-state index contributed by atoms with van der Waals surface area (Å²) in [6.45, 7) is 0.811. The minimum Gasteiger partial charge on any atom is -0.362 e. The fourth-order valence-electron chi connectivity index (χ4n) is 3.80. The first-order chi connectivity index (χ1) is 10.4. The normalized spacial score (nSPS) is 27.0. The molecule has 3 rings (SSSR count). The van der Waals surface area contributed by atoms with Gasteiger partial charge in [0.15, 0.2) is 5.11 Å². The van der Waals surface area contributed by atoms with Gasteiger partial charge in [0.05, 0.1) is 5.56 Å². The molecule has 2 aliphatic rings. The number of rotatable bonds is 3. The summed E-state index contributed by atoms with van der Waals surface area (Å²) in [4.78, 5) is 0. The number of benzene rings is 1. The summed E-state index contributed by atoms with van der Waals surface area (Å²) in [6, 6.07) is 5.09. The van der Waals surface area contributed by atoms with Crippen LogP contribution in [0.25, 0.3) is 0 Å². The van der Waals surface area contributed by atoms with Gasteiger partial charge in [-0.25, -0.2) is 0 Å². The van der Waals surface area contributed by atoms with Crippen molar-refractivity contribution < 1.29 is 13.2 Å². The van der Waals surface area contributed by atoms with Crippen molar-refractivity contribution in [3.63, 3.8) is 0 Å². The molecule has 0 heterocycles. The van der Waals surface area contributed by atoms with Crippen molar-refractivity contribution in [2.75, 3.05) is 11.9 Å². The molecule has 0 aromatic heterocycles. The minimum atomic E-state index is -4.34. The number of nitrogens with one attached hydrogen (secondary N) is 2. The van der Waals surface area contributed by atoms with E-state index in [9.17, 15) is 13.2 Å². The fourth-order valence-corrected chi connectivity index (χ4v) is 4.00. The van der Waals surface area contributed by atoms with E-state index < -0.39 is 11.7 Å². The number of hydrogen-bond donors (Lipinski definition) is 2. The molecule has 0 saturated heterocycles. The summed E-state index contributed by atoms with van der Waals surface area (Å²) in [7, 11) is 0. The molecule has 120 valence electrons. The molecule has 3 atom stereocenters. The molecule has 3 unspecified atom stereocenters. The Morgan fingerprint density at radius 3 is 2.68 bits per heavy atom. The van der Waals surface area contributed by atoms with Gasteiger partial charge in [-0.05, 0) is 67.4 Å². The summed E-state index contributed by atoms with van der Waals surface area (Å²) in [5.74, 6) is 2.33. The number of hydrogen-bond acceptors (Lipinski definition) is 1. The maximum atomic E-state index is 12.7. The van der Waals surface area contributed by atoms with Gasteiger partial charge < -0.3 is 10.6 Å². The lowest BCUT2D eigenvalue weighted by Gasteiger charge is -2.22. The summed E-state index contributed by atoms with van der Waals surface area (Å²) >= 11 is 5.19. The molecule has 2 bridgehead atoms. The van der Waals surface area contributed by atoms with Crippen LogP contribution >= 0.6 is 12.2 Å². The lowest BCUT2D eigenvalue weighted by atomic mass is 9.89. The molecule has 6 heteroatoms. The average Bonchev–Trinajstić information content (AvgIpc) is 3.07. The topological polar surface area (TPSA) is 24.1 Å². The molecule has 1 aromatic carbocycles. The molecule has 2 nitrogen and oxygen atoms in total. The third kappa shape index (κ3) is 3.54. The third-order valence-electron chi connectivity index (χ3n) is 4.86. The maximum Gasteiger partial charge on any atom is 0.416 e. The summed E-state index contributed by atoms with van der Waals surface area (Å²) in [6.07, 6.45) is 0.915. The summed E-state index contributed by atoms with van der Waals surface area (Å²) < 4.78 is 38.0. The molecule has 0 aliphatic heterocycles. The van der Waals surface area contributed by atoms with Gasteiger partial charge in [0.25, 0.3) is 0 Å². The van der Waals surface area contributed by atoms with Crippen molar-refractivity contribution in [3.05, 3.63) is 29.8 Å². The second-order valence-electron chi connectivity index (χ2n) is 6.35. The zero-order chi connectivity index (χ0) is 15.7. The van der Waals surface area contributed by atoms with E-state index in [1.54, 1.807) is 6.07 Å². The molecule has 0 radical (unpaired) electrons. The molecule has 2 N–H and O–H groups in total. The predicted octanol–water partition coefficient (Wildman–Crippen LogP) is 4.43. The van der Waals surface area contributed by atoms with Gasteiger partial charge in [0.2, 0.25) is 0 Å². The van der Waals surface area contributed by atoms with Gasteiger partial charge in [-0.3, -0.25) is 0 Å². The van der Waals surface area contributed by atoms with Gasteiger partial charge in [0, 0.05) is 12.2 Å². The summed E-state index contributed by atoms with van der Waals surface area (Å²) in [5.41, 5.74) is -0.311. The van der Waals surface area contributed by atoms with E-state index in [4.69, 9.17) is 12.2 Å². The molecule has 2 fully saturated rings. The van der Waals surface area contributed by atoms with E-state index in [1.165, 1.54) is 31.7 Å². The predicted molar refractivity (Wildman–Crippen MR) is 84.6 cm³/mol. The SMILES string of the molecule is FC(F)(F)c1cccc(NC(=S)NCC2CC3CCC2C3)c1. The van der Waals surface area contributed by atoms with E-state index in [0.717, 1.165) is 30.5 Å². The minimum absolute atomic E-state index is 0.361. The lowest BCUT2D eigenvalue weighted by molar-refractivity contribution is -0.137. The first-order valence-electron chi connectivity index (χ1n) is 7.64. The Morgan fingerprint density at radius 2 is 2.05 bits per heavy atom. The Hall–Kier alpha value is -1.30. The van der Waals surface area contributed by atoms with E-state index in [0.29, 0.717) is 16.7 Å². The van der Waals surface area contributed by atoms with Crippen LogP contribution in [0.1, 0.15) is 31.2 Å². The second-order valence-corrected chi connectivity index (χ2v) is 6.76. The fraction of sp³-hybridized carbons (Fsp3) is 0.562. The van der Waals surface area contributed by atoms with Crippen molar-refractivity contribution in [3.8, 4) is 0 Å². The van der Waals surface area contributed by atoms with Crippen LogP contribution in [0, 0.1) is 17.8 Å². The van der Waals surface area contributed by atoms with E-state index in [2.05, 4.69) is 10.6 Å². The number of alkyl halides is 3. The number of anilines is 1. The highest BCUT2D eigenvalue weighted by molar-refractivity contribution is 7.80. The second kappa shape index (κ2) is 6.07. The molecule has 22 heavy (non-hydrogen) atoms. The van der Waals surface area contributed by atoms with Crippen LogP contribution in [-0.2, 0) is 6.18 Å². The first-order valence-corrected chi connectivity index (χ1v) is 8.05. The van der Waals surface area contributed by atoms with Crippen LogP contribution in [-0.4, -0.2) is 11.7 Å². The largest absolute Gasteiger partial charge is 0.416 e. The van der Waals surface area contributed by atoms with Crippen molar-refractivity contribution >= 4 is 23.0 Å². The van der Waals surface area contributed by atoms with Gasteiger partial charge in [0.1, 0.15) is 0 Å². The van der Waals surface area contributed by atoms with Crippen LogP contribution in [0.2, 0.25) is 0 Å². The van der Waals surface area contributed by atoms with E-state index >= 15 is 0 Å². The number of halogens is 3. The van der Waals surface area contributed by atoms with Gasteiger partial charge in [-0.2, -0.15) is 13.2 Å². The van der Waals surface area contributed by atoms with Gasteiger partial charge in [-0.1, -0.05) is 12.5 Å². The van der Waals surface area contributed by atoms with E-state index in [1.807, 2.05) is 0 Å². The molecule has 0 amide bonds. The van der Waals surface area contributed by atoms with E-state index in [-0.39, 0.29) is 0 Å². The Labute approximate surface area is 133 Å². The maximum absolute atomic E-state index is 12.7. The van der Waals surface area contributed by atoms with Crippen LogP contribution < -0.4 is 10.6 Å². The van der Waals surface area contributed by atoms with Crippen LogP contribution in [0.5, 0.6) is 0 Å². The Kier molecular flexibility index (Phi) is 4.30. The van der Waals surface area contributed by atoms with Crippen LogP contribution in [0.3, 0.4) is 0 Å². The van der Waals surface area contributed by atoms with Crippen LogP contribution in [0.15, 0.2) is 24.3 Å². The van der Waals surface area contributed by atoms with Crippen molar-refractivity contribution in [1.82, 2.24) is 5.32 Å². The smallest absolute Gasteiger partial charge is 0.362 e. The zero-order valence-corrected chi connectivity index (χ0v) is 12.9. The van der Waals surface area contributed by atoms with Crippen LogP contribution in [0.4, 0.5) is 18.9 Å². The molecular weight excluding hydrogens is 309 g/mol. The Balaban J connectivity index is 1.51. The van der Waals surface area contributed by atoms with Gasteiger partial charge in [-0.15, -0.1) is 0 Å².